The molecule has 94 valence electrons. The maximum absolute atomic E-state index is 5.81. The van der Waals surface area contributed by atoms with Gasteiger partial charge >= 0.3 is 0 Å². The van der Waals surface area contributed by atoms with Crippen molar-refractivity contribution in [2.24, 2.45) is 11.3 Å². The molecule has 1 aromatic heterocycles. The first-order chi connectivity index (χ1) is 8.19. The Morgan fingerprint density at radius 1 is 1.53 bits per heavy atom. The van der Waals surface area contributed by atoms with E-state index in [0.717, 1.165) is 25.5 Å². The smallest absolute Gasteiger partial charge is 0.0685 e. The topological polar surface area (TPSA) is 21.3 Å². The van der Waals surface area contributed by atoms with E-state index in [1.807, 2.05) is 11.3 Å². The van der Waals surface area contributed by atoms with Crippen molar-refractivity contribution in [1.29, 1.82) is 0 Å². The van der Waals surface area contributed by atoms with Crippen LogP contribution in [0, 0.1) is 11.3 Å². The summed E-state index contributed by atoms with van der Waals surface area (Å²) in [5.41, 5.74) is 0.316. The first-order valence-electron chi connectivity index (χ1n) is 6.57. The summed E-state index contributed by atoms with van der Waals surface area (Å²) in [5.74, 6) is 0.758. The highest BCUT2D eigenvalue weighted by molar-refractivity contribution is 7.09. The van der Waals surface area contributed by atoms with Crippen molar-refractivity contribution in [1.82, 2.24) is 5.32 Å². The first kappa shape index (κ1) is 11.7. The Labute approximate surface area is 107 Å². The Balaban J connectivity index is 1.52. The SMILES string of the molecule is CC1(C)C(NCCc2cccs2)C2CCOC21. The molecule has 2 nitrogen and oxygen atoms in total. The highest BCUT2D eigenvalue weighted by Crippen LogP contribution is 2.51. The Hall–Kier alpha value is -0.380. The average Bonchev–Trinajstić information content (AvgIpc) is 2.94. The van der Waals surface area contributed by atoms with Crippen LogP contribution in [-0.4, -0.2) is 25.3 Å². The lowest BCUT2D eigenvalue weighted by Gasteiger charge is -2.55. The molecule has 17 heavy (non-hydrogen) atoms. The molecule has 0 amide bonds. The third-order valence-electron chi connectivity index (χ3n) is 4.42. The van der Waals surface area contributed by atoms with Crippen molar-refractivity contribution in [2.75, 3.05) is 13.2 Å². The second-order valence-electron chi connectivity index (χ2n) is 5.83. The Morgan fingerprint density at radius 3 is 3.18 bits per heavy atom. The van der Waals surface area contributed by atoms with E-state index in [4.69, 9.17) is 4.74 Å². The van der Waals surface area contributed by atoms with E-state index in [0.29, 0.717) is 17.6 Å². The van der Waals surface area contributed by atoms with E-state index in [1.54, 1.807) is 0 Å². The molecule has 2 fully saturated rings. The van der Waals surface area contributed by atoms with Crippen molar-refractivity contribution in [3.8, 4) is 0 Å². The van der Waals surface area contributed by atoms with Gasteiger partial charge < -0.3 is 10.1 Å². The molecule has 2 heterocycles. The van der Waals surface area contributed by atoms with Crippen molar-refractivity contribution < 1.29 is 4.74 Å². The number of thiophene rings is 1. The van der Waals surface area contributed by atoms with E-state index in [9.17, 15) is 0 Å². The maximum Gasteiger partial charge on any atom is 0.0685 e. The monoisotopic (exact) mass is 251 g/mol. The van der Waals surface area contributed by atoms with Crippen LogP contribution in [0.25, 0.3) is 0 Å². The van der Waals surface area contributed by atoms with E-state index >= 15 is 0 Å². The van der Waals surface area contributed by atoms with E-state index in [1.165, 1.54) is 11.3 Å². The fraction of sp³-hybridized carbons (Fsp3) is 0.714. The molecule has 3 heteroatoms. The van der Waals surface area contributed by atoms with Crippen LogP contribution < -0.4 is 5.32 Å². The summed E-state index contributed by atoms with van der Waals surface area (Å²) in [6.45, 7) is 6.73. The Morgan fingerprint density at radius 2 is 2.41 bits per heavy atom. The summed E-state index contributed by atoms with van der Waals surface area (Å²) < 4.78 is 5.81. The zero-order chi connectivity index (χ0) is 11.9. The molecule has 1 aliphatic heterocycles. The van der Waals surface area contributed by atoms with Crippen LogP contribution in [0.15, 0.2) is 17.5 Å². The minimum Gasteiger partial charge on any atom is -0.377 e. The van der Waals surface area contributed by atoms with Gasteiger partial charge in [-0.25, -0.2) is 0 Å². The van der Waals surface area contributed by atoms with Crippen molar-refractivity contribution in [2.45, 2.75) is 38.8 Å². The molecule has 1 aromatic rings. The van der Waals surface area contributed by atoms with Crippen LogP contribution in [0.3, 0.4) is 0 Å². The lowest BCUT2D eigenvalue weighted by atomic mass is 9.57. The normalized spacial score (nSPS) is 34.4. The average molecular weight is 251 g/mol. The van der Waals surface area contributed by atoms with E-state index in [2.05, 4.69) is 36.7 Å². The molecular weight excluding hydrogens is 230 g/mol. The summed E-state index contributed by atoms with van der Waals surface area (Å²) in [5, 5.41) is 5.90. The van der Waals surface area contributed by atoms with Gasteiger partial charge in [0.1, 0.15) is 0 Å². The molecule has 2 aliphatic rings. The second-order valence-corrected chi connectivity index (χ2v) is 6.86. The summed E-state index contributed by atoms with van der Waals surface area (Å²) in [4.78, 5) is 1.48. The van der Waals surface area contributed by atoms with Crippen LogP contribution in [0.2, 0.25) is 0 Å². The predicted molar refractivity (Wildman–Crippen MR) is 71.4 cm³/mol. The maximum atomic E-state index is 5.81. The van der Waals surface area contributed by atoms with Crippen molar-refractivity contribution >= 4 is 11.3 Å². The van der Waals surface area contributed by atoms with Crippen LogP contribution in [0.5, 0.6) is 0 Å². The van der Waals surface area contributed by atoms with Gasteiger partial charge in [-0.3, -0.25) is 0 Å². The predicted octanol–water partition coefficient (Wildman–Crippen LogP) is 2.69. The molecule has 3 rings (SSSR count). The van der Waals surface area contributed by atoms with Gasteiger partial charge in [-0.1, -0.05) is 19.9 Å². The second kappa shape index (κ2) is 4.38. The largest absolute Gasteiger partial charge is 0.377 e. The quantitative estimate of drug-likeness (QED) is 0.888. The highest BCUT2D eigenvalue weighted by Gasteiger charge is 2.58. The van der Waals surface area contributed by atoms with Gasteiger partial charge in [0, 0.05) is 35.4 Å². The van der Waals surface area contributed by atoms with Gasteiger partial charge in [-0.05, 0) is 24.3 Å². The zero-order valence-electron chi connectivity index (χ0n) is 10.6. The molecule has 3 atom stereocenters. The Bertz CT molecular complexity index is 374. The zero-order valence-corrected chi connectivity index (χ0v) is 11.4. The summed E-state index contributed by atoms with van der Waals surface area (Å²) in [6, 6.07) is 5.00. The van der Waals surface area contributed by atoms with Crippen LogP contribution >= 0.6 is 11.3 Å². The van der Waals surface area contributed by atoms with Gasteiger partial charge in [0.25, 0.3) is 0 Å². The molecule has 0 radical (unpaired) electrons. The first-order valence-corrected chi connectivity index (χ1v) is 7.45. The molecule has 0 aromatic carbocycles. The van der Waals surface area contributed by atoms with E-state index in [-0.39, 0.29) is 0 Å². The van der Waals surface area contributed by atoms with Gasteiger partial charge in [0.05, 0.1) is 6.10 Å². The van der Waals surface area contributed by atoms with Gasteiger partial charge in [-0.2, -0.15) is 0 Å². The Kier molecular flexibility index (Phi) is 3.01. The van der Waals surface area contributed by atoms with Crippen molar-refractivity contribution in [3.05, 3.63) is 22.4 Å². The van der Waals surface area contributed by atoms with Gasteiger partial charge in [0.15, 0.2) is 0 Å². The van der Waals surface area contributed by atoms with Crippen LogP contribution in [0.1, 0.15) is 25.1 Å². The molecule has 1 saturated carbocycles. The summed E-state index contributed by atoms with van der Waals surface area (Å²) in [7, 11) is 0. The molecule has 1 N–H and O–H groups in total. The molecular formula is C14H21NOS. The number of hydrogen-bond donors (Lipinski definition) is 1. The summed E-state index contributed by atoms with van der Waals surface area (Å²) in [6.07, 6.45) is 2.90. The lowest BCUT2D eigenvalue weighted by Crippen LogP contribution is -2.66. The molecule has 0 bridgehead atoms. The minimum atomic E-state index is 0.316. The number of hydrogen-bond acceptors (Lipinski definition) is 3. The molecule has 1 aliphatic carbocycles. The van der Waals surface area contributed by atoms with E-state index < -0.39 is 0 Å². The standard InChI is InChI=1S/C14H21NOS/c1-14(2)12(11-6-8-16-13(11)14)15-7-5-10-4-3-9-17-10/h3-4,9,11-13,15H,5-8H2,1-2H3. The third-order valence-corrected chi connectivity index (χ3v) is 5.35. The van der Waals surface area contributed by atoms with Gasteiger partial charge in [-0.15, -0.1) is 11.3 Å². The third kappa shape index (κ3) is 1.94. The van der Waals surface area contributed by atoms with Gasteiger partial charge in [0.2, 0.25) is 0 Å². The van der Waals surface area contributed by atoms with Crippen molar-refractivity contribution in [3.63, 3.8) is 0 Å². The number of fused-ring (bicyclic) bond motifs is 1. The molecule has 3 unspecified atom stereocenters. The number of ether oxygens (including phenoxy) is 1. The lowest BCUT2D eigenvalue weighted by molar-refractivity contribution is -0.112. The minimum absolute atomic E-state index is 0.316. The highest BCUT2D eigenvalue weighted by atomic mass is 32.1. The fourth-order valence-electron chi connectivity index (χ4n) is 3.54. The van der Waals surface area contributed by atoms with Crippen LogP contribution in [0.4, 0.5) is 0 Å². The van der Waals surface area contributed by atoms with Crippen LogP contribution in [-0.2, 0) is 11.2 Å². The molecule has 1 saturated heterocycles. The summed E-state index contributed by atoms with van der Waals surface area (Å²) >= 11 is 1.85. The molecule has 0 spiro atoms. The number of nitrogens with one attached hydrogen (secondary N) is 1. The number of rotatable bonds is 4. The fourth-order valence-corrected chi connectivity index (χ4v) is 4.25.